The van der Waals surface area contributed by atoms with Gasteiger partial charge in [0.25, 0.3) is 0 Å². The molecule has 0 aromatic heterocycles. The van der Waals surface area contributed by atoms with Crippen molar-refractivity contribution < 1.29 is 9.53 Å². The van der Waals surface area contributed by atoms with Crippen LogP contribution in [0.2, 0.25) is 0 Å². The van der Waals surface area contributed by atoms with Gasteiger partial charge in [-0.05, 0) is 26.2 Å². The molecule has 2 rings (SSSR count). The molecule has 4 heteroatoms. The van der Waals surface area contributed by atoms with Gasteiger partial charge in [0.15, 0.2) is 0 Å². The zero-order chi connectivity index (χ0) is 11.6. The first kappa shape index (κ1) is 11.9. The molecule has 1 heterocycles. The monoisotopic (exact) mass is 226 g/mol. The van der Waals surface area contributed by atoms with E-state index in [0.29, 0.717) is 12.5 Å². The number of ether oxygens (including phenoxy) is 1. The number of hydrogen-bond donors (Lipinski definition) is 2. The maximum Gasteiger partial charge on any atom is 0.240 e. The summed E-state index contributed by atoms with van der Waals surface area (Å²) in [7, 11) is 0. The van der Waals surface area contributed by atoms with Crippen LogP contribution in [0.3, 0.4) is 0 Å². The van der Waals surface area contributed by atoms with Gasteiger partial charge in [-0.3, -0.25) is 4.79 Å². The van der Waals surface area contributed by atoms with Gasteiger partial charge >= 0.3 is 0 Å². The largest absolute Gasteiger partial charge is 0.378 e. The van der Waals surface area contributed by atoms with E-state index in [0.717, 1.165) is 38.7 Å². The Bertz CT molecular complexity index is 262. The third kappa shape index (κ3) is 2.38. The van der Waals surface area contributed by atoms with Crippen LogP contribution >= 0.6 is 0 Å². The van der Waals surface area contributed by atoms with Crippen LogP contribution in [0.1, 0.15) is 39.0 Å². The Morgan fingerprint density at radius 2 is 2.19 bits per heavy atom. The molecular formula is C12H22N2O2. The summed E-state index contributed by atoms with van der Waals surface area (Å²) in [5, 5.41) is 2.99. The van der Waals surface area contributed by atoms with E-state index in [1.54, 1.807) is 0 Å². The summed E-state index contributed by atoms with van der Waals surface area (Å²) in [4.78, 5) is 12.0. The second-order valence-corrected chi connectivity index (χ2v) is 5.20. The Hall–Kier alpha value is -0.610. The summed E-state index contributed by atoms with van der Waals surface area (Å²) < 4.78 is 5.47. The molecule has 3 N–H and O–H groups in total. The molecule has 1 aliphatic carbocycles. The molecule has 4 nitrogen and oxygen atoms in total. The summed E-state index contributed by atoms with van der Waals surface area (Å²) in [6.45, 7) is 3.59. The van der Waals surface area contributed by atoms with Crippen molar-refractivity contribution in [1.82, 2.24) is 5.32 Å². The lowest BCUT2D eigenvalue weighted by Gasteiger charge is -2.24. The third-order valence-corrected chi connectivity index (χ3v) is 4.01. The second kappa shape index (κ2) is 4.72. The standard InChI is InChI=1S/C12H22N2O2/c1-9-10(4-7-16-9)8-14-11(15)12(13)5-2-3-6-12/h9-10H,2-8,13H2,1H3,(H,14,15). The lowest BCUT2D eigenvalue weighted by atomic mass is 9.97. The van der Waals surface area contributed by atoms with E-state index in [1.807, 2.05) is 0 Å². The lowest BCUT2D eigenvalue weighted by molar-refractivity contribution is -0.126. The summed E-state index contributed by atoms with van der Waals surface area (Å²) in [5.41, 5.74) is 5.48. The minimum absolute atomic E-state index is 0.0316. The molecule has 0 aromatic carbocycles. The van der Waals surface area contributed by atoms with E-state index >= 15 is 0 Å². The van der Waals surface area contributed by atoms with E-state index in [4.69, 9.17) is 10.5 Å². The molecule has 0 radical (unpaired) electrons. The molecule has 2 fully saturated rings. The maximum absolute atomic E-state index is 12.0. The van der Waals surface area contributed by atoms with Crippen LogP contribution in [0.15, 0.2) is 0 Å². The average molecular weight is 226 g/mol. The Morgan fingerprint density at radius 1 is 1.50 bits per heavy atom. The van der Waals surface area contributed by atoms with Crippen molar-refractivity contribution in [1.29, 1.82) is 0 Å². The van der Waals surface area contributed by atoms with Crippen molar-refractivity contribution in [3.05, 3.63) is 0 Å². The van der Waals surface area contributed by atoms with Crippen LogP contribution in [0.4, 0.5) is 0 Å². The Morgan fingerprint density at radius 3 is 2.75 bits per heavy atom. The van der Waals surface area contributed by atoms with Crippen molar-refractivity contribution in [3.8, 4) is 0 Å². The van der Waals surface area contributed by atoms with Gasteiger partial charge < -0.3 is 15.8 Å². The zero-order valence-electron chi connectivity index (χ0n) is 10.00. The summed E-state index contributed by atoms with van der Waals surface area (Å²) in [5.74, 6) is 0.484. The van der Waals surface area contributed by atoms with Crippen molar-refractivity contribution in [3.63, 3.8) is 0 Å². The number of nitrogens with one attached hydrogen (secondary N) is 1. The SMILES string of the molecule is CC1OCCC1CNC(=O)C1(N)CCCC1. The highest BCUT2D eigenvalue weighted by atomic mass is 16.5. The highest BCUT2D eigenvalue weighted by Crippen LogP contribution is 2.27. The number of hydrogen-bond acceptors (Lipinski definition) is 3. The van der Waals surface area contributed by atoms with Crippen LogP contribution in [0, 0.1) is 5.92 Å². The molecule has 92 valence electrons. The van der Waals surface area contributed by atoms with E-state index in [-0.39, 0.29) is 12.0 Å². The molecule has 1 aliphatic heterocycles. The molecule has 1 amide bonds. The summed E-state index contributed by atoms with van der Waals surface area (Å²) >= 11 is 0. The first-order valence-electron chi connectivity index (χ1n) is 6.31. The van der Waals surface area contributed by atoms with Crippen molar-refractivity contribution >= 4 is 5.91 Å². The van der Waals surface area contributed by atoms with E-state index in [1.165, 1.54) is 0 Å². The zero-order valence-corrected chi connectivity index (χ0v) is 10.00. The first-order valence-corrected chi connectivity index (χ1v) is 6.31. The van der Waals surface area contributed by atoms with Gasteiger partial charge in [0.1, 0.15) is 0 Å². The van der Waals surface area contributed by atoms with Gasteiger partial charge in [0, 0.05) is 19.1 Å². The van der Waals surface area contributed by atoms with E-state index in [2.05, 4.69) is 12.2 Å². The van der Waals surface area contributed by atoms with Crippen molar-refractivity contribution in [2.45, 2.75) is 50.7 Å². The third-order valence-electron chi connectivity index (χ3n) is 4.01. The van der Waals surface area contributed by atoms with Crippen LogP contribution < -0.4 is 11.1 Å². The second-order valence-electron chi connectivity index (χ2n) is 5.20. The predicted octanol–water partition coefficient (Wildman–Crippen LogP) is 0.799. The highest BCUT2D eigenvalue weighted by Gasteiger charge is 2.37. The molecule has 1 saturated carbocycles. The molecular weight excluding hydrogens is 204 g/mol. The maximum atomic E-state index is 12.0. The lowest BCUT2D eigenvalue weighted by Crippen LogP contribution is -2.53. The number of amides is 1. The normalized spacial score (nSPS) is 32.9. The van der Waals surface area contributed by atoms with Crippen LogP contribution in [-0.2, 0) is 9.53 Å². The average Bonchev–Trinajstić information content (AvgIpc) is 2.85. The smallest absolute Gasteiger partial charge is 0.240 e. The number of rotatable bonds is 3. The topological polar surface area (TPSA) is 64.3 Å². The molecule has 2 aliphatic rings. The number of carbonyl (C=O) groups excluding carboxylic acids is 1. The summed E-state index contributed by atoms with van der Waals surface area (Å²) in [6, 6.07) is 0. The quantitative estimate of drug-likeness (QED) is 0.748. The summed E-state index contributed by atoms with van der Waals surface area (Å²) in [6.07, 6.45) is 5.11. The van der Waals surface area contributed by atoms with Gasteiger partial charge in [0.2, 0.25) is 5.91 Å². The van der Waals surface area contributed by atoms with Gasteiger partial charge in [-0.2, -0.15) is 0 Å². The van der Waals surface area contributed by atoms with Crippen LogP contribution in [0.5, 0.6) is 0 Å². The van der Waals surface area contributed by atoms with Crippen LogP contribution in [0.25, 0.3) is 0 Å². The minimum atomic E-state index is -0.595. The molecule has 0 spiro atoms. The van der Waals surface area contributed by atoms with Crippen molar-refractivity contribution in [2.24, 2.45) is 11.7 Å². The van der Waals surface area contributed by atoms with Gasteiger partial charge in [-0.15, -0.1) is 0 Å². The molecule has 16 heavy (non-hydrogen) atoms. The number of carbonyl (C=O) groups is 1. The van der Waals surface area contributed by atoms with Gasteiger partial charge in [0.05, 0.1) is 11.6 Å². The molecule has 2 unspecified atom stereocenters. The van der Waals surface area contributed by atoms with Crippen molar-refractivity contribution in [2.75, 3.05) is 13.2 Å². The fourth-order valence-corrected chi connectivity index (χ4v) is 2.68. The fourth-order valence-electron chi connectivity index (χ4n) is 2.68. The van der Waals surface area contributed by atoms with Crippen LogP contribution in [-0.4, -0.2) is 30.7 Å². The predicted molar refractivity (Wildman–Crippen MR) is 61.9 cm³/mol. The highest BCUT2D eigenvalue weighted by molar-refractivity contribution is 5.86. The Labute approximate surface area is 96.9 Å². The minimum Gasteiger partial charge on any atom is -0.378 e. The van der Waals surface area contributed by atoms with Gasteiger partial charge in [-0.25, -0.2) is 0 Å². The molecule has 0 aromatic rings. The van der Waals surface area contributed by atoms with E-state index < -0.39 is 5.54 Å². The Balaban J connectivity index is 1.79. The van der Waals surface area contributed by atoms with E-state index in [9.17, 15) is 4.79 Å². The first-order chi connectivity index (χ1) is 7.62. The molecule has 2 atom stereocenters. The Kier molecular flexibility index (Phi) is 3.50. The van der Waals surface area contributed by atoms with Gasteiger partial charge in [-0.1, -0.05) is 12.8 Å². The molecule has 0 bridgehead atoms. The molecule has 1 saturated heterocycles. The fraction of sp³-hybridized carbons (Fsp3) is 0.917. The number of nitrogens with two attached hydrogens (primary N) is 1.